The summed E-state index contributed by atoms with van der Waals surface area (Å²) in [4.78, 5) is 0. The van der Waals surface area contributed by atoms with Crippen molar-refractivity contribution in [3.63, 3.8) is 0 Å². The maximum absolute atomic E-state index is 13.5. The number of nitrogens with one attached hydrogen (secondary N) is 1. The lowest BCUT2D eigenvalue weighted by Gasteiger charge is -2.14. The quantitative estimate of drug-likeness (QED) is 0.774. The molecule has 2 rings (SSSR count). The third kappa shape index (κ3) is 2.10. The van der Waals surface area contributed by atoms with Gasteiger partial charge in [-0.2, -0.15) is 0 Å². The second-order valence-electron chi connectivity index (χ2n) is 3.50. The van der Waals surface area contributed by atoms with Crippen LogP contribution in [-0.4, -0.2) is 18.8 Å². The number of rotatable bonds is 3. The van der Waals surface area contributed by atoms with E-state index in [1.165, 1.54) is 0 Å². The monoisotopic (exact) mass is 183 g/mol. The molecule has 1 aliphatic rings. The van der Waals surface area contributed by atoms with Gasteiger partial charge in [0.25, 0.3) is 0 Å². The second-order valence-corrected chi connectivity index (χ2v) is 3.50. The Kier molecular flexibility index (Phi) is 2.64. The predicted octanol–water partition coefficient (Wildman–Crippen LogP) is 1.91. The molecule has 0 spiro atoms. The standard InChI is InChI=1S/C10H14FNO/c11-9(10-4-1-5-12-10)7-8-3-2-6-13-8/h2-3,6,9-10,12H,1,4-5,7H2. The van der Waals surface area contributed by atoms with Crippen molar-refractivity contribution in [2.45, 2.75) is 31.5 Å². The van der Waals surface area contributed by atoms with E-state index in [1.54, 1.807) is 12.3 Å². The van der Waals surface area contributed by atoms with E-state index in [0.29, 0.717) is 6.42 Å². The summed E-state index contributed by atoms with van der Waals surface area (Å²) < 4.78 is 18.6. The Balaban J connectivity index is 1.87. The molecule has 1 fully saturated rings. The predicted molar refractivity (Wildman–Crippen MR) is 48.3 cm³/mol. The maximum atomic E-state index is 13.5. The second kappa shape index (κ2) is 3.92. The van der Waals surface area contributed by atoms with Crippen molar-refractivity contribution in [1.29, 1.82) is 0 Å². The fourth-order valence-electron chi connectivity index (χ4n) is 1.78. The van der Waals surface area contributed by atoms with Crippen molar-refractivity contribution in [2.75, 3.05) is 6.54 Å². The van der Waals surface area contributed by atoms with Crippen molar-refractivity contribution >= 4 is 0 Å². The van der Waals surface area contributed by atoms with E-state index in [4.69, 9.17) is 4.42 Å². The molecule has 0 saturated carbocycles. The fraction of sp³-hybridized carbons (Fsp3) is 0.600. The molecular weight excluding hydrogens is 169 g/mol. The largest absolute Gasteiger partial charge is 0.469 e. The molecule has 0 bridgehead atoms. The average Bonchev–Trinajstić information content (AvgIpc) is 2.74. The van der Waals surface area contributed by atoms with E-state index in [1.807, 2.05) is 6.07 Å². The Morgan fingerprint density at radius 3 is 3.23 bits per heavy atom. The Hall–Kier alpha value is -0.830. The Bertz CT molecular complexity index is 241. The molecule has 2 atom stereocenters. The first-order valence-electron chi connectivity index (χ1n) is 4.76. The summed E-state index contributed by atoms with van der Waals surface area (Å²) in [7, 11) is 0. The molecule has 1 aromatic heterocycles. The highest BCUT2D eigenvalue weighted by Gasteiger charge is 2.24. The molecule has 2 nitrogen and oxygen atoms in total. The molecule has 0 amide bonds. The summed E-state index contributed by atoms with van der Waals surface area (Å²) in [5.41, 5.74) is 0. The van der Waals surface area contributed by atoms with Crippen LogP contribution in [0.5, 0.6) is 0 Å². The van der Waals surface area contributed by atoms with Gasteiger partial charge in [-0.1, -0.05) is 0 Å². The van der Waals surface area contributed by atoms with Crippen LogP contribution in [-0.2, 0) is 6.42 Å². The average molecular weight is 183 g/mol. The molecule has 0 radical (unpaired) electrons. The van der Waals surface area contributed by atoms with Crippen molar-refractivity contribution in [1.82, 2.24) is 5.32 Å². The summed E-state index contributed by atoms with van der Waals surface area (Å²) >= 11 is 0. The van der Waals surface area contributed by atoms with Gasteiger partial charge in [-0.3, -0.25) is 0 Å². The van der Waals surface area contributed by atoms with Gasteiger partial charge in [0.05, 0.1) is 6.26 Å². The first-order valence-corrected chi connectivity index (χ1v) is 4.76. The molecule has 1 aromatic rings. The lowest BCUT2D eigenvalue weighted by molar-refractivity contribution is 0.251. The minimum Gasteiger partial charge on any atom is -0.469 e. The minimum atomic E-state index is -0.811. The van der Waals surface area contributed by atoms with E-state index in [0.717, 1.165) is 25.1 Å². The van der Waals surface area contributed by atoms with Crippen LogP contribution in [0.25, 0.3) is 0 Å². The molecule has 2 heterocycles. The smallest absolute Gasteiger partial charge is 0.122 e. The van der Waals surface area contributed by atoms with Crippen molar-refractivity contribution in [2.24, 2.45) is 0 Å². The zero-order valence-electron chi connectivity index (χ0n) is 7.50. The Morgan fingerprint density at radius 2 is 2.62 bits per heavy atom. The summed E-state index contributed by atoms with van der Waals surface area (Å²) in [5.74, 6) is 0.737. The molecule has 3 heteroatoms. The molecule has 0 aromatic carbocycles. The van der Waals surface area contributed by atoms with Gasteiger partial charge in [0.2, 0.25) is 0 Å². The van der Waals surface area contributed by atoms with E-state index in [2.05, 4.69) is 5.32 Å². The zero-order valence-corrected chi connectivity index (χ0v) is 7.50. The van der Waals surface area contributed by atoms with Crippen molar-refractivity contribution in [3.8, 4) is 0 Å². The highest BCUT2D eigenvalue weighted by molar-refractivity contribution is 5.01. The summed E-state index contributed by atoms with van der Waals surface area (Å²) in [6.45, 7) is 0.948. The van der Waals surface area contributed by atoms with Gasteiger partial charge in [0, 0.05) is 12.5 Å². The van der Waals surface area contributed by atoms with E-state index >= 15 is 0 Å². The number of halogens is 1. The SMILES string of the molecule is FC(Cc1ccco1)C1CCCN1. The van der Waals surface area contributed by atoms with Gasteiger partial charge in [-0.05, 0) is 31.5 Å². The van der Waals surface area contributed by atoms with Gasteiger partial charge in [-0.25, -0.2) is 4.39 Å². The summed E-state index contributed by atoms with van der Waals surface area (Å²) in [6.07, 6.45) is 3.20. The molecule has 1 saturated heterocycles. The van der Waals surface area contributed by atoms with Crippen LogP contribution >= 0.6 is 0 Å². The third-order valence-electron chi connectivity index (χ3n) is 2.51. The normalized spacial score (nSPS) is 24.8. The van der Waals surface area contributed by atoms with Crippen LogP contribution in [0.2, 0.25) is 0 Å². The first-order chi connectivity index (χ1) is 6.36. The fourth-order valence-corrected chi connectivity index (χ4v) is 1.78. The van der Waals surface area contributed by atoms with Gasteiger partial charge in [0.15, 0.2) is 0 Å². The molecule has 1 aliphatic heterocycles. The molecule has 72 valence electrons. The third-order valence-corrected chi connectivity index (χ3v) is 2.51. The number of alkyl halides is 1. The number of furan rings is 1. The van der Waals surface area contributed by atoms with Gasteiger partial charge in [-0.15, -0.1) is 0 Å². The van der Waals surface area contributed by atoms with Crippen LogP contribution in [0, 0.1) is 0 Å². The van der Waals surface area contributed by atoms with Gasteiger partial charge >= 0.3 is 0 Å². The maximum Gasteiger partial charge on any atom is 0.122 e. The Morgan fingerprint density at radius 1 is 1.69 bits per heavy atom. The molecule has 2 unspecified atom stereocenters. The Labute approximate surface area is 77.1 Å². The highest BCUT2D eigenvalue weighted by atomic mass is 19.1. The summed E-state index contributed by atoms with van der Waals surface area (Å²) in [6, 6.07) is 3.65. The van der Waals surface area contributed by atoms with Crippen molar-refractivity contribution in [3.05, 3.63) is 24.2 Å². The van der Waals surface area contributed by atoms with Gasteiger partial charge in [0.1, 0.15) is 11.9 Å². The molecule has 1 N–H and O–H groups in total. The molecule has 13 heavy (non-hydrogen) atoms. The van der Waals surface area contributed by atoms with Crippen LogP contribution in [0.3, 0.4) is 0 Å². The topological polar surface area (TPSA) is 25.2 Å². The lowest BCUT2D eigenvalue weighted by atomic mass is 10.1. The van der Waals surface area contributed by atoms with Crippen LogP contribution in [0.4, 0.5) is 4.39 Å². The van der Waals surface area contributed by atoms with Crippen LogP contribution < -0.4 is 5.32 Å². The van der Waals surface area contributed by atoms with E-state index in [-0.39, 0.29) is 6.04 Å². The minimum absolute atomic E-state index is 0.0325. The first kappa shape index (κ1) is 8.75. The van der Waals surface area contributed by atoms with Crippen LogP contribution in [0.1, 0.15) is 18.6 Å². The van der Waals surface area contributed by atoms with Gasteiger partial charge < -0.3 is 9.73 Å². The molecule has 0 aliphatic carbocycles. The zero-order chi connectivity index (χ0) is 9.10. The number of hydrogen-bond donors (Lipinski definition) is 1. The highest BCUT2D eigenvalue weighted by Crippen LogP contribution is 2.16. The summed E-state index contributed by atoms with van der Waals surface area (Å²) in [5, 5.41) is 3.15. The van der Waals surface area contributed by atoms with E-state index < -0.39 is 6.17 Å². The van der Waals surface area contributed by atoms with Crippen LogP contribution in [0.15, 0.2) is 22.8 Å². The van der Waals surface area contributed by atoms with E-state index in [9.17, 15) is 4.39 Å². The lowest BCUT2D eigenvalue weighted by Crippen LogP contribution is -2.33. The van der Waals surface area contributed by atoms with Crippen molar-refractivity contribution < 1.29 is 8.81 Å². The number of hydrogen-bond acceptors (Lipinski definition) is 2. The molecular formula is C10H14FNO.